The molecule has 0 aromatic rings. The molecule has 0 aromatic heterocycles. The number of hydrogen-bond donors (Lipinski definition) is 8. The summed E-state index contributed by atoms with van der Waals surface area (Å²) in [5, 5.41) is 17.0. The predicted molar refractivity (Wildman–Crippen MR) is 129 cm³/mol. The molecule has 0 heterocycles. The van der Waals surface area contributed by atoms with Crippen molar-refractivity contribution in [3.63, 3.8) is 0 Å². The fraction of sp³-hybridized carbons (Fsp3) is 0.762. The first-order valence-electron chi connectivity index (χ1n) is 11.6. The van der Waals surface area contributed by atoms with E-state index < -0.39 is 47.9 Å². The van der Waals surface area contributed by atoms with E-state index in [2.05, 4.69) is 20.9 Å². The summed E-state index contributed by atoms with van der Waals surface area (Å²) in [4.78, 5) is 53.1. The second-order valence-electron chi connectivity index (χ2n) is 8.34. The highest BCUT2D eigenvalue weighted by Gasteiger charge is 2.30. The molecule has 0 radical (unpaired) electrons. The second-order valence-corrected chi connectivity index (χ2v) is 8.34. The summed E-state index contributed by atoms with van der Waals surface area (Å²) in [5.74, 6) is -3.16. The summed E-state index contributed by atoms with van der Waals surface area (Å²) >= 11 is 0. The number of nitrogens with two attached hydrogens (primary N) is 4. The third-order valence-electron chi connectivity index (χ3n) is 5.41. The molecule has 5 unspecified atom stereocenters. The first-order valence-corrected chi connectivity index (χ1v) is 11.6. The van der Waals surface area contributed by atoms with E-state index in [-0.39, 0.29) is 18.3 Å². The highest BCUT2D eigenvalue weighted by molar-refractivity contribution is 5.94. The lowest BCUT2D eigenvalue weighted by Gasteiger charge is -2.27. The maximum absolute atomic E-state index is 12.9. The molecule has 0 rings (SSSR count). The number of carboxylic acid groups (broad SMARTS) is 1. The van der Waals surface area contributed by atoms with Gasteiger partial charge in [0, 0.05) is 6.54 Å². The van der Waals surface area contributed by atoms with Crippen LogP contribution in [0.1, 0.15) is 59.3 Å². The van der Waals surface area contributed by atoms with Crippen LogP contribution >= 0.6 is 0 Å². The van der Waals surface area contributed by atoms with Gasteiger partial charge in [-0.2, -0.15) is 0 Å². The van der Waals surface area contributed by atoms with Gasteiger partial charge in [0.1, 0.15) is 18.1 Å². The van der Waals surface area contributed by atoms with Crippen LogP contribution < -0.4 is 38.9 Å². The summed E-state index contributed by atoms with van der Waals surface area (Å²) in [5.41, 5.74) is 21.9. The van der Waals surface area contributed by atoms with Crippen molar-refractivity contribution in [1.29, 1.82) is 0 Å². The standard InChI is InChI=1S/C21H42N8O5/c1-4-12(2)16(29-18(31)14(23)8-7-11-26-21(24)25)19(32)27-13(3)17(30)28-15(20(33)34)9-5-6-10-22/h12-16H,4-11,22-23H2,1-3H3,(H,27,32)(H,28,30)(H,29,31)(H,33,34)(H4,24,25,26). The number of nitrogens with zero attached hydrogens (tertiary/aromatic N) is 1. The highest BCUT2D eigenvalue weighted by Crippen LogP contribution is 2.10. The van der Waals surface area contributed by atoms with E-state index in [1.807, 2.05) is 6.92 Å². The Bertz CT molecular complexity index is 699. The van der Waals surface area contributed by atoms with Crippen molar-refractivity contribution in [2.24, 2.45) is 33.8 Å². The van der Waals surface area contributed by atoms with Gasteiger partial charge in [-0.05, 0) is 51.5 Å². The van der Waals surface area contributed by atoms with Gasteiger partial charge in [-0.3, -0.25) is 19.4 Å². The van der Waals surface area contributed by atoms with Gasteiger partial charge in [-0.1, -0.05) is 20.3 Å². The number of hydrogen-bond acceptors (Lipinski definition) is 7. The molecule has 0 fully saturated rings. The monoisotopic (exact) mass is 486 g/mol. The van der Waals surface area contributed by atoms with Crippen LogP contribution in [0.2, 0.25) is 0 Å². The number of carbonyl (C=O) groups is 4. The molecule has 196 valence electrons. The fourth-order valence-electron chi connectivity index (χ4n) is 3.03. The summed E-state index contributed by atoms with van der Waals surface area (Å²) in [7, 11) is 0. The predicted octanol–water partition coefficient (Wildman–Crippen LogP) is -1.90. The van der Waals surface area contributed by atoms with Gasteiger partial charge in [0.15, 0.2) is 5.96 Å². The molecule has 3 amide bonds. The third kappa shape index (κ3) is 12.3. The first kappa shape index (κ1) is 31.1. The van der Waals surface area contributed by atoms with Crippen LogP contribution in [0, 0.1) is 5.92 Å². The van der Waals surface area contributed by atoms with Crippen molar-refractivity contribution in [2.75, 3.05) is 13.1 Å². The fourth-order valence-corrected chi connectivity index (χ4v) is 3.03. The number of unbranched alkanes of at least 4 members (excludes halogenated alkanes) is 1. The molecular formula is C21H42N8O5. The van der Waals surface area contributed by atoms with Crippen molar-refractivity contribution >= 4 is 29.7 Å². The number of nitrogens with one attached hydrogen (secondary N) is 3. The van der Waals surface area contributed by atoms with Crippen LogP contribution in [0.5, 0.6) is 0 Å². The van der Waals surface area contributed by atoms with Gasteiger partial charge >= 0.3 is 5.97 Å². The molecule has 0 bridgehead atoms. The van der Waals surface area contributed by atoms with Crippen molar-refractivity contribution in [2.45, 2.75) is 83.5 Å². The largest absolute Gasteiger partial charge is 0.480 e. The van der Waals surface area contributed by atoms with Crippen LogP contribution in [0.4, 0.5) is 0 Å². The van der Waals surface area contributed by atoms with Gasteiger partial charge in [0.25, 0.3) is 0 Å². The molecule has 12 N–H and O–H groups in total. The van der Waals surface area contributed by atoms with E-state index in [1.54, 1.807) is 6.92 Å². The van der Waals surface area contributed by atoms with Crippen LogP contribution in [-0.2, 0) is 19.2 Å². The smallest absolute Gasteiger partial charge is 0.326 e. The Balaban J connectivity index is 5.00. The molecule has 0 saturated heterocycles. The molecule has 34 heavy (non-hydrogen) atoms. The number of rotatable bonds is 17. The quantitative estimate of drug-likeness (QED) is 0.0649. The first-order chi connectivity index (χ1) is 15.9. The molecule has 13 heteroatoms. The minimum Gasteiger partial charge on any atom is -0.480 e. The summed E-state index contributed by atoms with van der Waals surface area (Å²) in [6.07, 6.45) is 2.80. The number of carboxylic acids is 1. The molecule has 5 atom stereocenters. The Hall–Kier alpha value is -2.93. The average molecular weight is 487 g/mol. The SMILES string of the molecule is CCC(C)C(NC(=O)C(N)CCCN=C(N)N)C(=O)NC(C)C(=O)NC(CCCCN)C(=O)O. The maximum atomic E-state index is 12.9. The minimum absolute atomic E-state index is 0.0464. The Kier molecular flexibility index (Phi) is 15.2. The van der Waals surface area contributed by atoms with Crippen molar-refractivity contribution in [3.8, 4) is 0 Å². The molecule has 13 nitrogen and oxygen atoms in total. The second kappa shape index (κ2) is 16.6. The lowest BCUT2D eigenvalue weighted by atomic mass is 9.97. The van der Waals surface area contributed by atoms with E-state index in [0.717, 1.165) is 0 Å². The number of amides is 3. The van der Waals surface area contributed by atoms with E-state index in [9.17, 15) is 24.3 Å². The zero-order chi connectivity index (χ0) is 26.3. The number of aliphatic imine (C=N–C) groups is 1. The Morgan fingerprint density at radius 2 is 1.56 bits per heavy atom. The molecule has 0 aliphatic heterocycles. The number of guanidine groups is 1. The molecular weight excluding hydrogens is 444 g/mol. The van der Waals surface area contributed by atoms with Crippen molar-refractivity contribution in [1.82, 2.24) is 16.0 Å². The zero-order valence-corrected chi connectivity index (χ0v) is 20.4. The van der Waals surface area contributed by atoms with Gasteiger partial charge in [-0.15, -0.1) is 0 Å². The molecule has 0 spiro atoms. The summed E-state index contributed by atoms with van der Waals surface area (Å²) in [6, 6.07) is -3.88. The van der Waals surface area contributed by atoms with Gasteiger partial charge in [0.2, 0.25) is 17.7 Å². The van der Waals surface area contributed by atoms with Crippen molar-refractivity contribution < 1.29 is 24.3 Å². The van der Waals surface area contributed by atoms with E-state index in [4.69, 9.17) is 22.9 Å². The van der Waals surface area contributed by atoms with Crippen LogP contribution in [0.3, 0.4) is 0 Å². The Morgan fingerprint density at radius 1 is 0.912 bits per heavy atom. The Labute approximate surface area is 200 Å². The van der Waals surface area contributed by atoms with E-state index >= 15 is 0 Å². The number of aliphatic carboxylic acids is 1. The van der Waals surface area contributed by atoms with Crippen LogP contribution in [0.25, 0.3) is 0 Å². The molecule has 0 saturated carbocycles. The normalized spacial score (nSPS) is 15.2. The van der Waals surface area contributed by atoms with Gasteiger partial charge in [0.05, 0.1) is 6.04 Å². The van der Waals surface area contributed by atoms with E-state index in [1.165, 1.54) is 6.92 Å². The minimum atomic E-state index is -1.16. The maximum Gasteiger partial charge on any atom is 0.326 e. The van der Waals surface area contributed by atoms with Crippen molar-refractivity contribution in [3.05, 3.63) is 0 Å². The molecule has 0 aromatic carbocycles. The number of carbonyl (C=O) groups excluding carboxylic acids is 3. The van der Waals surface area contributed by atoms with Gasteiger partial charge in [-0.25, -0.2) is 4.79 Å². The third-order valence-corrected chi connectivity index (χ3v) is 5.41. The van der Waals surface area contributed by atoms with E-state index in [0.29, 0.717) is 45.2 Å². The lowest BCUT2D eigenvalue weighted by Crippen LogP contribution is -2.58. The lowest BCUT2D eigenvalue weighted by molar-refractivity contribution is -0.142. The Morgan fingerprint density at radius 3 is 2.09 bits per heavy atom. The molecule has 0 aliphatic rings. The highest BCUT2D eigenvalue weighted by atomic mass is 16.4. The van der Waals surface area contributed by atoms with Crippen LogP contribution in [0.15, 0.2) is 4.99 Å². The topological polar surface area (TPSA) is 241 Å². The van der Waals surface area contributed by atoms with Crippen LogP contribution in [-0.4, -0.2) is 72.0 Å². The van der Waals surface area contributed by atoms with Gasteiger partial charge < -0.3 is 44.0 Å². The molecule has 0 aliphatic carbocycles. The zero-order valence-electron chi connectivity index (χ0n) is 20.4. The summed E-state index contributed by atoms with van der Waals surface area (Å²) < 4.78 is 0. The summed E-state index contributed by atoms with van der Waals surface area (Å²) in [6.45, 7) is 5.85. The average Bonchev–Trinajstić information content (AvgIpc) is 2.78.